The molecule has 1 aliphatic rings. The molecule has 1 aromatic carbocycles. The number of urea groups is 1. The topological polar surface area (TPSA) is 80.6 Å². The molecule has 11 heteroatoms. The summed E-state index contributed by atoms with van der Waals surface area (Å²) in [5.74, 6) is -0.358. The van der Waals surface area contributed by atoms with Crippen LogP contribution in [0.5, 0.6) is 5.75 Å². The second-order valence-electron chi connectivity index (χ2n) is 6.38. The molecule has 154 valence electrons. The molecule has 2 aromatic heterocycles. The zero-order valence-corrected chi connectivity index (χ0v) is 15.3. The van der Waals surface area contributed by atoms with E-state index in [9.17, 15) is 22.8 Å². The summed E-state index contributed by atoms with van der Waals surface area (Å²) in [6.45, 7) is 0.00614. The molecule has 0 aliphatic carbocycles. The van der Waals surface area contributed by atoms with Crippen LogP contribution in [0.25, 0.3) is 5.82 Å². The maximum atomic E-state index is 12.7. The number of aromatic nitrogens is 3. The molecule has 1 saturated heterocycles. The van der Waals surface area contributed by atoms with Crippen LogP contribution in [0.1, 0.15) is 5.56 Å². The van der Waals surface area contributed by atoms with Gasteiger partial charge in [0.25, 0.3) is 5.91 Å². The largest absolute Gasteiger partial charge is 0.573 e. The van der Waals surface area contributed by atoms with E-state index in [0.29, 0.717) is 5.82 Å². The van der Waals surface area contributed by atoms with Crippen molar-refractivity contribution in [3.05, 3.63) is 66.6 Å². The molecule has 0 radical (unpaired) electrons. The minimum atomic E-state index is -4.82. The lowest BCUT2D eigenvalue weighted by Crippen LogP contribution is -2.32. The van der Waals surface area contributed by atoms with Gasteiger partial charge in [0.05, 0.1) is 5.69 Å². The first-order valence-electron chi connectivity index (χ1n) is 8.73. The van der Waals surface area contributed by atoms with Crippen molar-refractivity contribution >= 4 is 17.6 Å². The average Bonchev–Trinajstić information content (AvgIpc) is 3.31. The molecule has 0 spiro atoms. The van der Waals surface area contributed by atoms with Crippen LogP contribution in [0.2, 0.25) is 0 Å². The van der Waals surface area contributed by atoms with Gasteiger partial charge in [0.2, 0.25) is 0 Å². The highest BCUT2D eigenvalue weighted by Crippen LogP contribution is 2.28. The normalized spacial score (nSPS) is 14.5. The Kier molecular flexibility index (Phi) is 4.86. The quantitative estimate of drug-likeness (QED) is 0.596. The lowest BCUT2D eigenvalue weighted by atomic mass is 10.2. The number of halogens is 3. The molecule has 0 saturated carbocycles. The number of alkyl halides is 3. The Bertz CT molecular complexity index is 1070. The lowest BCUT2D eigenvalue weighted by molar-refractivity contribution is -0.274. The van der Waals surface area contributed by atoms with Crippen molar-refractivity contribution in [2.45, 2.75) is 12.9 Å². The van der Waals surface area contributed by atoms with Crippen LogP contribution in [0.3, 0.4) is 0 Å². The van der Waals surface area contributed by atoms with Crippen LogP contribution in [-0.4, -0.2) is 44.5 Å². The van der Waals surface area contributed by atoms with Gasteiger partial charge in [-0.3, -0.25) is 4.79 Å². The van der Waals surface area contributed by atoms with Crippen molar-refractivity contribution < 1.29 is 27.5 Å². The minimum Gasteiger partial charge on any atom is -0.406 e. The van der Waals surface area contributed by atoms with Gasteiger partial charge in [0.15, 0.2) is 5.82 Å². The Balaban J connectivity index is 1.49. The third-order valence-corrected chi connectivity index (χ3v) is 4.29. The molecule has 3 amide bonds. The van der Waals surface area contributed by atoms with Crippen LogP contribution >= 0.6 is 0 Å². The maximum absolute atomic E-state index is 12.7. The van der Waals surface area contributed by atoms with E-state index in [1.54, 1.807) is 41.5 Å². The monoisotopic (exact) mass is 417 g/mol. The molecule has 0 unspecified atom stereocenters. The van der Waals surface area contributed by atoms with Crippen molar-refractivity contribution in [2.75, 3.05) is 11.4 Å². The number of pyridine rings is 1. The molecule has 3 heterocycles. The van der Waals surface area contributed by atoms with Crippen LogP contribution in [0, 0.1) is 0 Å². The predicted octanol–water partition coefficient (Wildman–Crippen LogP) is 3.13. The van der Waals surface area contributed by atoms with E-state index in [0.717, 1.165) is 22.6 Å². The summed E-state index contributed by atoms with van der Waals surface area (Å²) in [7, 11) is 0. The highest BCUT2D eigenvalue weighted by atomic mass is 19.4. The van der Waals surface area contributed by atoms with Gasteiger partial charge in [0, 0.05) is 25.1 Å². The summed E-state index contributed by atoms with van der Waals surface area (Å²) in [5.41, 5.74) is 0.904. The number of carbonyl (C=O) groups is 2. The van der Waals surface area contributed by atoms with Gasteiger partial charge >= 0.3 is 12.4 Å². The van der Waals surface area contributed by atoms with Crippen LogP contribution < -0.4 is 9.64 Å². The van der Waals surface area contributed by atoms with Gasteiger partial charge in [0.1, 0.15) is 12.3 Å². The van der Waals surface area contributed by atoms with Gasteiger partial charge in [-0.25, -0.2) is 19.4 Å². The van der Waals surface area contributed by atoms with Gasteiger partial charge in [-0.15, -0.1) is 13.2 Å². The fourth-order valence-corrected chi connectivity index (χ4v) is 3.03. The molecule has 0 N–H and O–H groups in total. The van der Waals surface area contributed by atoms with Gasteiger partial charge in [-0.1, -0.05) is 0 Å². The van der Waals surface area contributed by atoms with E-state index in [1.165, 1.54) is 17.0 Å². The average molecular weight is 417 g/mol. The van der Waals surface area contributed by atoms with Crippen molar-refractivity contribution in [3.8, 4) is 11.6 Å². The Morgan fingerprint density at radius 3 is 2.50 bits per heavy atom. The first-order chi connectivity index (χ1) is 14.3. The number of hydrogen-bond acceptors (Lipinski definition) is 5. The maximum Gasteiger partial charge on any atom is 0.573 e. The summed E-state index contributed by atoms with van der Waals surface area (Å²) >= 11 is 0. The summed E-state index contributed by atoms with van der Waals surface area (Å²) in [4.78, 5) is 31.6. The Morgan fingerprint density at radius 2 is 1.83 bits per heavy atom. The summed E-state index contributed by atoms with van der Waals surface area (Å²) in [6, 6.07) is 9.19. The summed E-state index contributed by atoms with van der Waals surface area (Å²) in [5, 5.41) is 4.10. The number of carbonyl (C=O) groups excluding carboxylic acids is 2. The van der Waals surface area contributed by atoms with Gasteiger partial charge < -0.3 is 9.64 Å². The van der Waals surface area contributed by atoms with E-state index < -0.39 is 24.1 Å². The second kappa shape index (κ2) is 7.50. The number of anilines is 1. The van der Waals surface area contributed by atoms with Crippen molar-refractivity contribution in [3.63, 3.8) is 0 Å². The van der Waals surface area contributed by atoms with E-state index in [1.807, 2.05) is 0 Å². The molecule has 8 nitrogen and oxygen atoms in total. The first kappa shape index (κ1) is 19.4. The molecule has 30 heavy (non-hydrogen) atoms. The molecular formula is C19H14F3N5O3. The minimum absolute atomic E-state index is 0.154. The number of nitrogens with zero attached hydrogens (tertiary/aromatic N) is 5. The smallest absolute Gasteiger partial charge is 0.406 e. The first-order valence-corrected chi connectivity index (χ1v) is 8.73. The Morgan fingerprint density at radius 1 is 1.07 bits per heavy atom. The highest BCUT2D eigenvalue weighted by Gasteiger charge is 2.37. The van der Waals surface area contributed by atoms with Crippen molar-refractivity contribution in [1.29, 1.82) is 0 Å². The zero-order chi connectivity index (χ0) is 21.3. The molecule has 4 rings (SSSR count). The predicted molar refractivity (Wildman–Crippen MR) is 97.8 cm³/mol. The standard InChI is InChI=1S/C19H14F3N5O3/c20-19(21,22)30-15-4-2-14(3-5-15)27-17(28)12-25(18(27)29)11-13-6-8-23-16(10-13)26-9-1-7-24-26/h1-10H,11-12H2. The van der Waals surface area contributed by atoms with Gasteiger partial charge in [-0.05, 0) is 48.0 Å². The van der Waals surface area contributed by atoms with Crippen LogP contribution in [0.4, 0.5) is 23.7 Å². The molecule has 1 fully saturated rings. The zero-order valence-electron chi connectivity index (χ0n) is 15.3. The molecule has 1 aliphatic heterocycles. The van der Waals surface area contributed by atoms with E-state index in [4.69, 9.17) is 0 Å². The molecule has 3 aromatic rings. The fourth-order valence-electron chi connectivity index (χ4n) is 3.03. The Labute approximate surface area is 168 Å². The third-order valence-electron chi connectivity index (χ3n) is 4.29. The fraction of sp³-hybridized carbons (Fsp3) is 0.158. The van der Waals surface area contributed by atoms with Crippen molar-refractivity contribution in [2.24, 2.45) is 0 Å². The number of ether oxygens (including phenoxy) is 1. The summed E-state index contributed by atoms with van der Waals surface area (Å²) < 4.78 is 42.2. The van der Waals surface area contributed by atoms with Crippen LogP contribution in [-0.2, 0) is 11.3 Å². The highest BCUT2D eigenvalue weighted by molar-refractivity contribution is 6.19. The van der Waals surface area contributed by atoms with E-state index in [-0.39, 0.29) is 18.8 Å². The SMILES string of the molecule is O=C1CN(Cc2ccnc(-n3cccn3)c2)C(=O)N1c1ccc(OC(F)(F)F)cc1. The van der Waals surface area contributed by atoms with Crippen molar-refractivity contribution in [1.82, 2.24) is 19.7 Å². The summed E-state index contributed by atoms with van der Waals surface area (Å²) in [6.07, 6.45) is 0.0908. The molecule has 0 atom stereocenters. The van der Waals surface area contributed by atoms with Crippen LogP contribution in [0.15, 0.2) is 61.1 Å². The van der Waals surface area contributed by atoms with Gasteiger partial charge in [-0.2, -0.15) is 5.10 Å². The third kappa shape index (κ3) is 4.09. The number of benzene rings is 1. The van der Waals surface area contributed by atoms with E-state index >= 15 is 0 Å². The number of imide groups is 1. The Hall–Kier alpha value is -3.89. The number of hydrogen-bond donors (Lipinski definition) is 0. The van der Waals surface area contributed by atoms with E-state index in [2.05, 4.69) is 14.8 Å². The molecular weight excluding hydrogens is 403 g/mol. The lowest BCUT2D eigenvalue weighted by Gasteiger charge is -2.18. The molecule has 0 bridgehead atoms. The number of rotatable bonds is 5. The second-order valence-corrected chi connectivity index (χ2v) is 6.38. The number of amides is 3.